The van der Waals surface area contributed by atoms with E-state index in [1.54, 1.807) is 31.0 Å². The Kier molecular flexibility index (Phi) is 5.42. The number of para-hydroxylation sites is 2. The van der Waals surface area contributed by atoms with Crippen LogP contribution in [0.3, 0.4) is 0 Å². The Morgan fingerprint density at radius 3 is 2.74 bits per heavy atom. The highest BCUT2D eigenvalue weighted by Gasteiger charge is 2.14. The van der Waals surface area contributed by atoms with E-state index in [4.69, 9.17) is 25.8 Å². The number of halogens is 1. The zero-order valence-corrected chi connectivity index (χ0v) is 16.2. The molecule has 0 aliphatic carbocycles. The Morgan fingerprint density at radius 1 is 1.11 bits per heavy atom. The van der Waals surface area contributed by atoms with Crippen molar-refractivity contribution in [2.45, 2.75) is 17.5 Å². The standard InChI is InChI=1S/C19H17ClN4O2S/c1-25-11-10-24-16-5-3-2-4-15(16)21-19(24)27-12-17-22-18(26-23-17)13-6-8-14(20)9-7-13/h2-9H,10-12H2,1H3. The molecule has 0 unspecified atom stereocenters. The third kappa shape index (κ3) is 4.00. The first-order chi connectivity index (χ1) is 13.2. The van der Waals surface area contributed by atoms with Gasteiger partial charge in [-0.05, 0) is 36.4 Å². The summed E-state index contributed by atoms with van der Waals surface area (Å²) < 4.78 is 12.8. The summed E-state index contributed by atoms with van der Waals surface area (Å²) in [5.74, 6) is 1.67. The van der Waals surface area contributed by atoms with E-state index in [-0.39, 0.29) is 0 Å². The molecule has 2 aromatic carbocycles. The van der Waals surface area contributed by atoms with Gasteiger partial charge in [-0.15, -0.1) is 0 Å². The van der Waals surface area contributed by atoms with E-state index in [2.05, 4.69) is 20.8 Å². The molecule has 0 aliphatic heterocycles. The number of benzene rings is 2. The molecule has 8 heteroatoms. The lowest BCUT2D eigenvalue weighted by atomic mass is 10.2. The van der Waals surface area contributed by atoms with Crippen LogP contribution in [0.2, 0.25) is 5.02 Å². The van der Waals surface area contributed by atoms with Crippen LogP contribution in [0.15, 0.2) is 58.2 Å². The molecule has 6 nitrogen and oxygen atoms in total. The average molecular weight is 401 g/mol. The molecular formula is C19H17ClN4O2S. The maximum Gasteiger partial charge on any atom is 0.257 e. The summed E-state index contributed by atoms with van der Waals surface area (Å²) in [6.07, 6.45) is 0. The normalized spacial score (nSPS) is 11.3. The van der Waals surface area contributed by atoms with Crippen LogP contribution in [0.4, 0.5) is 0 Å². The molecule has 0 bridgehead atoms. The first kappa shape index (κ1) is 18.0. The molecule has 0 amide bonds. The Hall–Kier alpha value is -2.35. The quantitative estimate of drug-likeness (QED) is 0.420. The van der Waals surface area contributed by atoms with Crippen LogP contribution in [0.25, 0.3) is 22.5 Å². The maximum absolute atomic E-state index is 5.92. The SMILES string of the molecule is COCCn1c(SCc2noc(-c3ccc(Cl)cc3)n2)nc2ccccc21. The monoisotopic (exact) mass is 400 g/mol. The van der Waals surface area contributed by atoms with Gasteiger partial charge in [0.15, 0.2) is 11.0 Å². The van der Waals surface area contributed by atoms with E-state index in [1.165, 1.54) is 0 Å². The Balaban J connectivity index is 1.52. The first-order valence-electron chi connectivity index (χ1n) is 8.40. The second-order valence-electron chi connectivity index (χ2n) is 5.84. The van der Waals surface area contributed by atoms with Crippen LogP contribution in [-0.2, 0) is 17.0 Å². The molecule has 27 heavy (non-hydrogen) atoms. The number of fused-ring (bicyclic) bond motifs is 1. The maximum atomic E-state index is 5.92. The number of hydrogen-bond donors (Lipinski definition) is 0. The van der Waals surface area contributed by atoms with Gasteiger partial charge in [0.1, 0.15) is 0 Å². The molecule has 0 aliphatic rings. The molecule has 0 spiro atoms. The lowest BCUT2D eigenvalue weighted by Crippen LogP contribution is -2.05. The molecule has 0 saturated carbocycles. The third-order valence-corrected chi connectivity index (χ3v) is 5.25. The van der Waals surface area contributed by atoms with Crippen molar-refractivity contribution in [3.05, 3.63) is 59.4 Å². The highest BCUT2D eigenvalue weighted by molar-refractivity contribution is 7.98. The predicted octanol–water partition coefficient (Wildman–Crippen LogP) is 4.68. The molecule has 0 saturated heterocycles. The minimum atomic E-state index is 0.482. The van der Waals surface area contributed by atoms with Crippen LogP contribution in [0.5, 0.6) is 0 Å². The average Bonchev–Trinajstić information content (AvgIpc) is 3.30. The molecule has 0 atom stereocenters. The van der Waals surface area contributed by atoms with E-state index >= 15 is 0 Å². The van der Waals surface area contributed by atoms with E-state index < -0.39 is 0 Å². The van der Waals surface area contributed by atoms with Gasteiger partial charge in [-0.25, -0.2) is 4.98 Å². The van der Waals surface area contributed by atoms with Gasteiger partial charge in [-0.3, -0.25) is 0 Å². The largest absolute Gasteiger partial charge is 0.383 e. The number of rotatable bonds is 7. The molecule has 138 valence electrons. The van der Waals surface area contributed by atoms with Crippen LogP contribution < -0.4 is 0 Å². The highest BCUT2D eigenvalue weighted by Crippen LogP contribution is 2.27. The fraction of sp³-hybridized carbons (Fsp3) is 0.211. The van der Waals surface area contributed by atoms with Crippen molar-refractivity contribution >= 4 is 34.4 Å². The molecule has 0 radical (unpaired) electrons. The van der Waals surface area contributed by atoms with E-state index in [9.17, 15) is 0 Å². The van der Waals surface area contributed by atoms with Gasteiger partial charge < -0.3 is 13.8 Å². The summed E-state index contributed by atoms with van der Waals surface area (Å²) in [4.78, 5) is 9.19. The molecule has 4 aromatic rings. The van der Waals surface area contributed by atoms with Crippen LogP contribution in [0.1, 0.15) is 5.82 Å². The summed E-state index contributed by atoms with van der Waals surface area (Å²) in [7, 11) is 1.70. The number of aromatic nitrogens is 4. The second-order valence-corrected chi connectivity index (χ2v) is 7.22. The molecule has 0 fully saturated rings. The fourth-order valence-corrected chi connectivity index (χ4v) is 3.72. The smallest absolute Gasteiger partial charge is 0.257 e. The Morgan fingerprint density at radius 2 is 1.93 bits per heavy atom. The van der Waals surface area contributed by atoms with Gasteiger partial charge in [0, 0.05) is 24.2 Å². The predicted molar refractivity (Wildman–Crippen MR) is 106 cm³/mol. The Bertz CT molecular complexity index is 1050. The van der Waals surface area contributed by atoms with Gasteiger partial charge in [0.05, 0.1) is 23.4 Å². The number of thioether (sulfide) groups is 1. The van der Waals surface area contributed by atoms with Crippen molar-refractivity contribution in [3.63, 3.8) is 0 Å². The summed E-state index contributed by atoms with van der Waals surface area (Å²) in [6, 6.07) is 15.4. The Labute approximate surface area is 165 Å². The van der Waals surface area contributed by atoms with Crippen LogP contribution >= 0.6 is 23.4 Å². The number of methoxy groups -OCH3 is 1. The summed E-state index contributed by atoms with van der Waals surface area (Å²) >= 11 is 7.50. The van der Waals surface area contributed by atoms with Crippen LogP contribution in [-0.4, -0.2) is 33.4 Å². The van der Waals surface area contributed by atoms with E-state index in [1.807, 2.05) is 30.3 Å². The number of hydrogen-bond acceptors (Lipinski definition) is 6. The zero-order valence-electron chi connectivity index (χ0n) is 14.6. The summed E-state index contributed by atoms with van der Waals surface area (Å²) in [5, 5.41) is 5.65. The molecule has 2 heterocycles. The lowest BCUT2D eigenvalue weighted by Gasteiger charge is -2.07. The van der Waals surface area contributed by atoms with Crippen molar-refractivity contribution < 1.29 is 9.26 Å². The van der Waals surface area contributed by atoms with Crippen molar-refractivity contribution in [2.24, 2.45) is 0 Å². The van der Waals surface area contributed by atoms with E-state index in [0.717, 1.165) is 28.3 Å². The third-order valence-electron chi connectivity index (χ3n) is 4.03. The van der Waals surface area contributed by atoms with Gasteiger partial charge >= 0.3 is 0 Å². The van der Waals surface area contributed by atoms with Gasteiger partial charge in [-0.1, -0.05) is 40.7 Å². The van der Waals surface area contributed by atoms with Crippen LogP contribution in [0, 0.1) is 0 Å². The second kappa shape index (κ2) is 8.12. The zero-order chi connectivity index (χ0) is 18.6. The minimum absolute atomic E-state index is 0.482. The minimum Gasteiger partial charge on any atom is -0.383 e. The molecule has 0 N–H and O–H groups in total. The van der Waals surface area contributed by atoms with Crippen molar-refractivity contribution in [1.29, 1.82) is 0 Å². The lowest BCUT2D eigenvalue weighted by molar-refractivity contribution is 0.186. The topological polar surface area (TPSA) is 66.0 Å². The number of imidazole rings is 1. The fourth-order valence-electron chi connectivity index (χ4n) is 2.71. The molecular weight excluding hydrogens is 384 g/mol. The van der Waals surface area contributed by atoms with Gasteiger partial charge in [0.2, 0.25) is 0 Å². The first-order valence-corrected chi connectivity index (χ1v) is 9.76. The van der Waals surface area contributed by atoms with Crippen molar-refractivity contribution in [1.82, 2.24) is 19.7 Å². The molecule has 2 aromatic heterocycles. The van der Waals surface area contributed by atoms with Crippen molar-refractivity contribution in [3.8, 4) is 11.5 Å². The van der Waals surface area contributed by atoms with Crippen molar-refractivity contribution in [2.75, 3.05) is 13.7 Å². The highest BCUT2D eigenvalue weighted by atomic mass is 35.5. The van der Waals surface area contributed by atoms with E-state index in [0.29, 0.717) is 29.1 Å². The number of nitrogens with zero attached hydrogens (tertiary/aromatic N) is 4. The van der Waals surface area contributed by atoms with Gasteiger partial charge in [-0.2, -0.15) is 4.98 Å². The summed E-state index contributed by atoms with van der Waals surface area (Å²) in [5.41, 5.74) is 2.90. The van der Waals surface area contributed by atoms with Gasteiger partial charge in [0.25, 0.3) is 5.89 Å². The molecule has 4 rings (SSSR count). The summed E-state index contributed by atoms with van der Waals surface area (Å²) in [6.45, 7) is 1.36. The number of ether oxygens (including phenoxy) is 1.